The number of anilines is 2. The van der Waals surface area contributed by atoms with Gasteiger partial charge in [0.1, 0.15) is 17.2 Å². The molecule has 1 aromatic rings. The van der Waals surface area contributed by atoms with Crippen molar-refractivity contribution in [3.05, 3.63) is 41.4 Å². The molecule has 0 aliphatic carbocycles. The number of hydrogen-bond donors (Lipinski definition) is 4. The smallest absolute Gasteiger partial charge is 0.261 e. The average molecular weight is 466 g/mol. The maximum Gasteiger partial charge on any atom is 0.261 e. The number of nitrogens with two attached hydrogens (primary N) is 1. The predicted molar refractivity (Wildman–Crippen MR) is 133 cm³/mol. The van der Waals surface area contributed by atoms with Crippen molar-refractivity contribution < 1.29 is 14.3 Å². The quantitative estimate of drug-likeness (QED) is 0.370. The summed E-state index contributed by atoms with van der Waals surface area (Å²) in [5, 5.41) is 13.7. The number of primary amides is 1. The molecule has 10 heteroatoms. The second kappa shape index (κ2) is 9.30. The van der Waals surface area contributed by atoms with E-state index in [4.69, 9.17) is 15.9 Å². The number of benzene rings is 1. The minimum absolute atomic E-state index is 0.128. The number of rotatable bonds is 6. The van der Waals surface area contributed by atoms with Crippen LogP contribution < -0.4 is 26.0 Å². The molecule has 180 valence electrons. The second-order valence-electron chi connectivity index (χ2n) is 9.26. The molecule has 0 aromatic heterocycles. The molecule has 34 heavy (non-hydrogen) atoms. The van der Waals surface area contributed by atoms with Crippen molar-refractivity contribution in [3.8, 4) is 5.75 Å². The summed E-state index contributed by atoms with van der Waals surface area (Å²) in [6.45, 7) is 8.55. The summed E-state index contributed by atoms with van der Waals surface area (Å²) < 4.78 is 6.15. The Morgan fingerprint density at radius 3 is 2.65 bits per heavy atom. The van der Waals surface area contributed by atoms with Crippen LogP contribution in [0.5, 0.6) is 5.75 Å². The SMILES string of the molecule is CC(C(N)=O)N1CCN(c2cc3c(cc2NC(=O)/C(C=N)=C2\N=CC=CN2)CC(C)(C)O3)CC1. The van der Waals surface area contributed by atoms with Crippen molar-refractivity contribution in [2.75, 3.05) is 36.4 Å². The average Bonchev–Trinajstić information content (AvgIpc) is 3.12. The minimum atomic E-state index is -0.426. The number of amides is 2. The number of allylic oxidation sites excluding steroid dienone is 1. The molecule has 1 aromatic carbocycles. The van der Waals surface area contributed by atoms with Crippen molar-refractivity contribution in [1.82, 2.24) is 10.2 Å². The van der Waals surface area contributed by atoms with E-state index in [1.54, 1.807) is 18.5 Å². The van der Waals surface area contributed by atoms with Gasteiger partial charge >= 0.3 is 0 Å². The third-order valence-corrected chi connectivity index (χ3v) is 6.29. The van der Waals surface area contributed by atoms with Crippen LogP contribution in [0.2, 0.25) is 0 Å². The first-order valence-corrected chi connectivity index (χ1v) is 11.3. The third-order valence-electron chi connectivity index (χ3n) is 6.29. The Kier molecular flexibility index (Phi) is 6.43. The lowest BCUT2D eigenvalue weighted by Crippen LogP contribution is -2.53. The summed E-state index contributed by atoms with van der Waals surface area (Å²) in [6, 6.07) is 3.60. The highest BCUT2D eigenvalue weighted by Gasteiger charge is 2.33. The summed E-state index contributed by atoms with van der Waals surface area (Å²) in [7, 11) is 0. The molecule has 1 atom stereocenters. The standard InChI is InChI=1S/C24H31N7O3/c1-15(21(26)32)30-7-9-31(10-8-30)19-12-20-16(13-24(2,3)34-20)11-18(19)29-23(33)17(14-25)22-27-5-4-6-28-22/h4-6,11-12,14-15,25,27H,7-10,13H2,1-3H3,(H2,26,32)(H,29,33)/b22-17-,25-14?. The molecule has 3 heterocycles. The lowest BCUT2D eigenvalue weighted by atomic mass is 10.0. The number of piperazine rings is 1. The van der Waals surface area contributed by atoms with Crippen LogP contribution >= 0.6 is 0 Å². The highest BCUT2D eigenvalue weighted by molar-refractivity contribution is 6.18. The lowest BCUT2D eigenvalue weighted by molar-refractivity contribution is -0.122. The van der Waals surface area contributed by atoms with Gasteiger partial charge in [0.25, 0.3) is 5.91 Å². The highest BCUT2D eigenvalue weighted by Crippen LogP contribution is 2.42. The zero-order valence-electron chi connectivity index (χ0n) is 19.7. The fourth-order valence-electron chi connectivity index (χ4n) is 4.43. The fraction of sp³-hybridized carbons (Fsp3) is 0.417. The van der Waals surface area contributed by atoms with E-state index in [9.17, 15) is 9.59 Å². The zero-order chi connectivity index (χ0) is 24.5. The van der Waals surface area contributed by atoms with Gasteiger partial charge in [-0.1, -0.05) is 0 Å². The van der Waals surface area contributed by atoms with E-state index in [1.807, 2.05) is 32.9 Å². The molecular formula is C24H31N7O3. The Labute approximate surface area is 199 Å². The summed E-state index contributed by atoms with van der Waals surface area (Å²) in [6.07, 6.45) is 6.66. The molecule has 1 saturated heterocycles. The van der Waals surface area contributed by atoms with E-state index in [2.05, 4.69) is 25.4 Å². The predicted octanol–water partition coefficient (Wildman–Crippen LogP) is 1.38. The van der Waals surface area contributed by atoms with Gasteiger partial charge in [0.05, 0.1) is 23.0 Å². The van der Waals surface area contributed by atoms with E-state index in [1.165, 1.54) is 0 Å². The van der Waals surface area contributed by atoms with Gasteiger partial charge in [0, 0.05) is 62.9 Å². The van der Waals surface area contributed by atoms with Crippen LogP contribution in [-0.4, -0.2) is 67.0 Å². The molecule has 4 rings (SSSR count). The van der Waals surface area contributed by atoms with Crippen LogP contribution in [0.15, 0.2) is 40.8 Å². The number of fused-ring (bicyclic) bond motifs is 1. The minimum Gasteiger partial charge on any atom is -0.487 e. The first-order chi connectivity index (χ1) is 16.2. The molecule has 5 N–H and O–H groups in total. The van der Waals surface area contributed by atoms with Gasteiger partial charge in [0.2, 0.25) is 5.91 Å². The first-order valence-electron chi connectivity index (χ1n) is 11.3. The molecule has 0 saturated carbocycles. The van der Waals surface area contributed by atoms with E-state index >= 15 is 0 Å². The Morgan fingerprint density at radius 2 is 2.03 bits per heavy atom. The Morgan fingerprint density at radius 1 is 1.29 bits per heavy atom. The van der Waals surface area contributed by atoms with Gasteiger partial charge < -0.3 is 31.4 Å². The summed E-state index contributed by atoms with van der Waals surface area (Å²) in [5.74, 6) is 0.359. The van der Waals surface area contributed by atoms with Gasteiger partial charge in [-0.2, -0.15) is 0 Å². The Hall–Kier alpha value is -3.66. The number of carbonyl (C=O) groups is 2. The fourth-order valence-corrected chi connectivity index (χ4v) is 4.43. The van der Waals surface area contributed by atoms with Crippen LogP contribution in [0.3, 0.4) is 0 Å². The van der Waals surface area contributed by atoms with E-state index < -0.39 is 5.91 Å². The summed E-state index contributed by atoms with van der Waals surface area (Å²) in [5.41, 5.74) is 7.79. The van der Waals surface area contributed by atoms with Gasteiger partial charge in [-0.25, -0.2) is 4.99 Å². The van der Waals surface area contributed by atoms with Crippen molar-refractivity contribution in [1.29, 1.82) is 5.41 Å². The van der Waals surface area contributed by atoms with Crippen LogP contribution in [0.4, 0.5) is 11.4 Å². The van der Waals surface area contributed by atoms with Crippen LogP contribution in [-0.2, 0) is 16.0 Å². The van der Waals surface area contributed by atoms with Crippen molar-refractivity contribution in [2.24, 2.45) is 10.7 Å². The molecule has 3 aliphatic heterocycles. The number of hydrogen-bond acceptors (Lipinski definition) is 8. The monoisotopic (exact) mass is 465 g/mol. The molecule has 1 unspecified atom stereocenters. The normalized spacial score (nSPS) is 21.2. The molecule has 1 fully saturated rings. The van der Waals surface area contributed by atoms with Crippen LogP contribution in [0.25, 0.3) is 0 Å². The zero-order valence-corrected chi connectivity index (χ0v) is 19.7. The Balaban J connectivity index is 1.62. The molecule has 10 nitrogen and oxygen atoms in total. The van der Waals surface area contributed by atoms with Gasteiger partial charge in [-0.3, -0.25) is 14.5 Å². The molecule has 0 spiro atoms. The molecule has 3 aliphatic rings. The van der Waals surface area contributed by atoms with Crippen molar-refractivity contribution in [2.45, 2.75) is 38.8 Å². The van der Waals surface area contributed by atoms with E-state index in [0.29, 0.717) is 37.7 Å². The molecule has 2 amide bonds. The van der Waals surface area contributed by atoms with Gasteiger partial charge in [-0.15, -0.1) is 0 Å². The number of nitrogens with zero attached hydrogens (tertiary/aromatic N) is 3. The van der Waals surface area contributed by atoms with Crippen molar-refractivity contribution in [3.63, 3.8) is 0 Å². The maximum absolute atomic E-state index is 13.2. The molecule has 0 bridgehead atoms. The van der Waals surface area contributed by atoms with Crippen LogP contribution in [0, 0.1) is 5.41 Å². The van der Waals surface area contributed by atoms with Crippen molar-refractivity contribution >= 4 is 35.6 Å². The summed E-state index contributed by atoms with van der Waals surface area (Å²) >= 11 is 0. The van der Waals surface area contributed by atoms with E-state index in [-0.39, 0.29) is 23.1 Å². The second-order valence-corrected chi connectivity index (χ2v) is 9.26. The molecule has 0 radical (unpaired) electrons. The number of nitrogens with one attached hydrogen (secondary N) is 3. The summed E-state index contributed by atoms with van der Waals surface area (Å²) in [4.78, 5) is 33.1. The first kappa shape index (κ1) is 23.5. The molecular weight excluding hydrogens is 434 g/mol. The Bertz CT molecular complexity index is 1100. The third kappa shape index (κ3) is 4.81. The number of ether oxygens (including phenoxy) is 1. The lowest BCUT2D eigenvalue weighted by Gasteiger charge is -2.38. The van der Waals surface area contributed by atoms with E-state index in [0.717, 1.165) is 29.6 Å². The topological polar surface area (TPSA) is 136 Å². The van der Waals surface area contributed by atoms with Crippen LogP contribution in [0.1, 0.15) is 26.3 Å². The van der Waals surface area contributed by atoms with Gasteiger partial charge in [0.15, 0.2) is 0 Å². The highest BCUT2D eigenvalue weighted by atomic mass is 16.5. The number of carbonyl (C=O) groups excluding carboxylic acids is 2. The van der Waals surface area contributed by atoms with Gasteiger partial charge in [-0.05, 0) is 32.9 Å². The largest absolute Gasteiger partial charge is 0.487 e. The maximum atomic E-state index is 13.2. The number of aliphatic imine (C=N–C) groups is 1.